The molecule has 0 aliphatic rings. The Labute approximate surface area is 156 Å². The molecule has 28 heavy (non-hydrogen) atoms. The van der Waals surface area contributed by atoms with Crippen LogP contribution < -0.4 is 5.73 Å². The molecular weight excluding hydrogens is 385 g/mol. The fourth-order valence-electron chi connectivity index (χ4n) is 2.49. The van der Waals surface area contributed by atoms with Gasteiger partial charge in [-0.2, -0.15) is 0 Å². The fraction of sp³-hybridized carbons (Fsp3) is 0.158. The quantitative estimate of drug-likeness (QED) is 0.158. The molecule has 0 heterocycles. The maximum absolute atomic E-state index is 14.2. The third kappa shape index (κ3) is 3.88. The van der Waals surface area contributed by atoms with Crippen LogP contribution in [0.15, 0.2) is 29.8 Å². The van der Waals surface area contributed by atoms with Crippen molar-refractivity contribution in [2.75, 3.05) is 6.61 Å². The van der Waals surface area contributed by atoms with Gasteiger partial charge in [0.05, 0.1) is 17.9 Å². The summed E-state index contributed by atoms with van der Waals surface area (Å²) in [5.41, 5.74) is 1.75. The van der Waals surface area contributed by atoms with E-state index in [1.165, 1.54) is 6.92 Å². The van der Waals surface area contributed by atoms with Gasteiger partial charge in [-0.05, 0) is 26.0 Å². The maximum Gasteiger partial charge on any atom is 0.344 e. The SMILES string of the molecule is CCOC(=O)C(C(=O)c1c(F)cc(F)c(F)c1C)=C(N)c1ccc(F)cc1F. The standard InChI is InChI=1S/C19H14F5NO3/c1-3-28-19(27)15(17(25)10-5-4-9(20)6-11(10)21)18(26)14-8(2)16(24)13(23)7-12(14)22/h4-7H,3,25H2,1-2H3. The lowest BCUT2D eigenvalue weighted by Gasteiger charge is -2.14. The number of rotatable bonds is 5. The highest BCUT2D eigenvalue weighted by molar-refractivity contribution is 6.28. The Morgan fingerprint density at radius 1 is 1.00 bits per heavy atom. The molecule has 2 rings (SSSR count). The number of halogens is 5. The highest BCUT2D eigenvalue weighted by Gasteiger charge is 2.31. The molecular formula is C19H14F5NO3. The molecule has 2 aromatic carbocycles. The van der Waals surface area contributed by atoms with Crippen LogP contribution in [-0.4, -0.2) is 18.4 Å². The zero-order chi connectivity index (χ0) is 21.2. The Balaban J connectivity index is 2.77. The molecule has 0 spiro atoms. The molecule has 0 aliphatic heterocycles. The molecule has 148 valence electrons. The van der Waals surface area contributed by atoms with Gasteiger partial charge in [0.1, 0.15) is 23.0 Å². The van der Waals surface area contributed by atoms with Crippen LogP contribution in [0.5, 0.6) is 0 Å². The van der Waals surface area contributed by atoms with Crippen molar-refractivity contribution >= 4 is 17.4 Å². The minimum absolute atomic E-state index is 0.132. The molecule has 0 amide bonds. The fourth-order valence-corrected chi connectivity index (χ4v) is 2.49. The molecule has 0 fully saturated rings. The summed E-state index contributed by atoms with van der Waals surface area (Å²) in [5, 5.41) is 0. The lowest BCUT2D eigenvalue weighted by atomic mass is 9.94. The number of hydrogen-bond acceptors (Lipinski definition) is 4. The van der Waals surface area contributed by atoms with Gasteiger partial charge < -0.3 is 10.5 Å². The molecule has 0 saturated heterocycles. The molecule has 0 aromatic heterocycles. The number of carbonyl (C=O) groups is 2. The molecule has 9 heteroatoms. The lowest BCUT2D eigenvalue weighted by molar-refractivity contribution is -0.138. The van der Waals surface area contributed by atoms with Crippen LogP contribution in [0.1, 0.15) is 28.4 Å². The maximum atomic E-state index is 14.2. The van der Waals surface area contributed by atoms with E-state index in [2.05, 4.69) is 0 Å². The smallest absolute Gasteiger partial charge is 0.344 e. The number of esters is 1. The Hall–Kier alpha value is -3.23. The van der Waals surface area contributed by atoms with E-state index in [4.69, 9.17) is 10.5 Å². The summed E-state index contributed by atoms with van der Waals surface area (Å²) in [6, 6.07) is 2.27. The van der Waals surface area contributed by atoms with Crippen LogP contribution in [0, 0.1) is 36.0 Å². The van der Waals surface area contributed by atoms with E-state index < -0.39 is 68.8 Å². The van der Waals surface area contributed by atoms with Gasteiger partial charge in [-0.3, -0.25) is 4.79 Å². The summed E-state index contributed by atoms with van der Waals surface area (Å²) >= 11 is 0. The summed E-state index contributed by atoms with van der Waals surface area (Å²) in [7, 11) is 0. The van der Waals surface area contributed by atoms with Crippen molar-refractivity contribution in [3.63, 3.8) is 0 Å². The van der Waals surface area contributed by atoms with E-state index in [0.717, 1.165) is 19.1 Å². The first-order valence-corrected chi connectivity index (χ1v) is 7.91. The van der Waals surface area contributed by atoms with Crippen molar-refractivity contribution in [1.29, 1.82) is 0 Å². The molecule has 2 N–H and O–H groups in total. The van der Waals surface area contributed by atoms with Crippen LogP contribution in [-0.2, 0) is 9.53 Å². The Kier molecular flexibility index (Phi) is 6.17. The van der Waals surface area contributed by atoms with Crippen LogP contribution >= 0.6 is 0 Å². The van der Waals surface area contributed by atoms with E-state index >= 15 is 0 Å². The number of ketones is 1. The summed E-state index contributed by atoms with van der Waals surface area (Å²) in [6.45, 7) is 2.11. The summed E-state index contributed by atoms with van der Waals surface area (Å²) in [6.07, 6.45) is 0. The zero-order valence-corrected chi connectivity index (χ0v) is 14.7. The van der Waals surface area contributed by atoms with E-state index in [-0.39, 0.29) is 12.7 Å². The summed E-state index contributed by atoms with van der Waals surface area (Å²) in [5.74, 6) is -9.40. The van der Waals surface area contributed by atoms with Crippen molar-refractivity contribution in [2.45, 2.75) is 13.8 Å². The molecule has 2 aromatic rings. The van der Waals surface area contributed by atoms with Gasteiger partial charge in [0.25, 0.3) is 0 Å². The van der Waals surface area contributed by atoms with E-state index in [0.29, 0.717) is 6.07 Å². The molecule has 0 saturated carbocycles. The normalized spacial score (nSPS) is 11.8. The van der Waals surface area contributed by atoms with Gasteiger partial charge >= 0.3 is 5.97 Å². The summed E-state index contributed by atoms with van der Waals surface area (Å²) < 4.78 is 73.2. The van der Waals surface area contributed by atoms with Crippen molar-refractivity contribution in [3.8, 4) is 0 Å². The minimum Gasteiger partial charge on any atom is -0.462 e. The van der Waals surface area contributed by atoms with Gasteiger partial charge in [-0.15, -0.1) is 0 Å². The second kappa shape index (κ2) is 8.20. The van der Waals surface area contributed by atoms with Crippen LogP contribution in [0.2, 0.25) is 0 Å². The highest BCUT2D eigenvalue weighted by Crippen LogP contribution is 2.27. The van der Waals surface area contributed by atoms with Gasteiger partial charge in [0, 0.05) is 23.3 Å². The number of nitrogens with two attached hydrogens (primary N) is 1. The highest BCUT2D eigenvalue weighted by atomic mass is 19.2. The number of carbonyl (C=O) groups excluding carboxylic acids is 2. The lowest BCUT2D eigenvalue weighted by Crippen LogP contribution is -2.23. The van der Waals surface area contributed by atoms with Crippen molar-refractivity contribution in [1.82, 2.24) is 0 Å². The first-order valence-electron chi connectivity index (χ1n) is 7.91. The number of ether oxygens (including phenoxy) is 1. The zero-order valence-electron chi connectivity index (χ0n) is 14.7. The second-order valence-corrected chi connectivity index (χ2v) is 5.62. The van der Waals surface area contributed by atoms with Crippen molar-refractivity contribution < 1.29 is 36.3 Å². The predicted molar refractivity (Wildman–Crippen MR) is 89.5 cm³/mol. The summed E-state index contributed by atoms with van der Waals surface area (Å²) in [4.78, 5) is 25.1. The predicted octanol–water partition coefficient (Wildman–Crippen LogP) is 3.81. The number of hydrogen-bond donors (Lipinski definition) is 1. The average Bonchev–Trinajstić information content (AvgIpc) is 2.60. The minimum atomic E-state index is -1.54. The Morgan fingerprint density at radius 2 is 1.64 bits per heavy atom. The molecule has 0 unspecified atom stereocenters. The van der Waals surface area contributed by atoms with Crippen molar-refractivity contribution in [3.05, 3.63) is 75.6 Å². The third-order valence-electron chi connectivity index (χ3n) is 3.83. The van der Waals surface area contributed by atoms with E-state index in [9.17, 15) is 31.5 Å². The van der Waals surface area contributed by atoms with Crippen LogP contribution in [0.3, 0.4) is 0 Å². The molecule has 0 aliphatic carbocycles. The van der Waals surface area contributed by atoms with Gasteiger partial charge in [-0.1, -0.05) is 0 Å². The largest absolute Gasteiger partial charge is 0.462 e. The van der Waals surface area contributed by atoms with E-state index in [1.807, 2.05) is 0 Å². The van der Waals surface area contributed by atoms with E-state index in [1.54, 1.807) is 0 Å². The monoisotopic (exact) mass is 399 g/mol. The molecule has 0 radical (unpaired) electrons. The molecule has 0 bridgehead atoms. The van der Waals surface area contributed by atoms with Gasteiger partial charge in [0.2, 0.25) is 5.78 Å². The second-order valence-electron chi connectivity index (χ2n) is 5.62. The third-order valence-corrected chi connectivity index (χ3v) is 3.83. The Bertz CT molecular complexity index is 1000. The van der Waals surface area contributed by atoms with Crippen LogP contribution in [0.25, 0.3) is 5.70 Å². The van der Waals surface area contributed by atoms with Gasteiger partial charge in [-0.25, -0.2) is 26.7 Å². The first kappa shape index (κ1) is 21.1. The molecule has 0 atom stereocenters. The van der Waals surface area contributed by atoms with Gasteiger partial charge in [0.15, 0.2) is 11.6 Å². The first-order chi connectivity index (χ1) is 13.1. The number of Topliss-reactive ketones (excluding diaryl/α,β-unsaturated/α-hetero) is 1. The topological polar surface area (TPSA) is 69.4 Å². The average molecular weight is 399 g/mol. The van der Waals surface area contributed by atoms with Crippen molar-refractivity contribution in [2.24, 2.45) is 5.73 Å². The number of benzene rings is 2. The van der Waals surface area contributed by atoms with Crippen LogP contribution in [0.4, 0.5) is 22.0 Å². The Morgan fingerprint density at radius 3 is 2.21 bits per heavy atom. The molecule has 4 nitrogen and oxygen atoms in total.